The summed E-state index contributed by atoms with van der Waals surface area (Å²) in [6.45, 7) is 0. The largest absolute Gasteiger partial charge is 0.384 e. The Kier molecular flexibility index (Phi) is 2.45. The first kappa shape index (κ1) is 11.0. The van der Waals surface area contributed by atoms with E-state index in [0.717, 1.165) is 22.4 Å². The normalized spacial score (nSPS) is 11.0. The molecule has 0 aliphatic rings. The van der Waals surface area contributed by atoms with Crippen molar-refractivity contribution in [1.29, 1.82) is 0 Å². The Morgan fingerprint density at radius 2 is 2.06 bits per heavy atom. The number of nitrogen functional groups attached to an aromatic ring is 1. The van der Waals surface area contributed by atoms with Crippen LogP contribution in [-0.4, -0.2) is 14.5 Å². The van der Waals surface area contributed by atoms with Crippen molar-refractivity contribution < 1.29 is 0 Å². The molecule has 90 valence electrons. The Labute approximate surface area is 109 Å². The lowest BCUT2D eigenvalue weighted by Gasteiger charge is -2.02. The quantitative estimate of drug-likeness (QED) is 0.730. The Balaban J connectivity index is 2.23. The van der Waals surface area contributed by atoms with Crippen LogP contribution >= 0.6 is 11.6 Å². The minimum absolute atomic E-state index is 0.501. The molecule has 3 aromatic rings. The van der Waals surface area contributed by atoms with Gasteiger partial charge in [-0.25, -0.2) is 9.97 Å². The van der Waals surface area contributed by atoms with Gasteiger partial charge in [-0.2, -0.15) is 0 Å². The third kappa shape index (κ3) is 1.71. The molecule has 3 rings (SSSR count). The predicted octanol–water partition coefficient (Wildman–Crippen LogP) is 2.87. The smallest absolute Gasteiger partial charge is 0.142 e. The molecule has 0 atom stereocenters. The third-order valence-electron chi connectivity index (χ3n) is 2.89. The number of fused-ring (bicyclic) bond motifs is 1. The monoisotopic (exact) mass is 258 g/mol. The van der Waals surface area contributed by atoms with Gasteiger partial charge in [-0.05, 0) is 30.3 Å². The van der Waals surface area contributed by atoms with E-state index in [2.05, 4.69) is 9.97 Å². The van der Waals surface area contributed by atoms with Crippen molar-refractivity contribution in [2.24, 2.45) is 7.05 Å². The molecule has 0 spiro atoms. The summed E-state index contributed by atoms with van der Waals surface area (Å²) in [6, 6.07) is 9.34. The molecular weight excluding hydrogens is 248 g/mol. The van der Waals surface area contributed by atoms with Crippen LogP contribution in [0.4, 0.5) is 5.82 Å². The van der Waals surface area contributed by atoms with E-state index >= 15 is 0 Å². The van der Waals surface area contributed by atoms with Crippen LogP contribution in [0.3, 0.4) is 0 Å². The van der Waals surface area contributed by atoms with E-state index in [1.807, 2.05) is 35.9 Å². The number of aryl methyl sites for hydroxylation is 1. The van der Waals surface area contributed by atoms with Gasteiger partial charge in [0.15, 0.2) is 0 Å². The molecule has 2 heterocycles. The summed E-state index contributed by atoms with van der Waals surface area (Å²) < 4.78 is 2.01. The van der Waals surface area contributed by atoms with Gasteiger partial charge in [0.25, 0.3) is 0 Å². The summed E-state index contributed by atoms with van der Waals surface area (Å²) in [5, 5.41) is 0.683. The number of nitrogens with zero attached hydrogens (tertiary/aromatic N) is 3. The van der Waals surface area contributed by atoms with Crippen molar-refractivity contribution in [1.82, 2.24) is 14.5 Å². The number of aromatic nitrogens is 3. The second kappa shape index (κ2) is 3.99. The van der Waals surface area contributed by atoms with E-state index in [1.54, 1.807) is 12.3 Å². The van der Waals surface area contributed by atoms with E-state index in [0.29, 0.717) is 10.8 Å². The lowest BCUT2D eigenvalue weighted by Crippen LogP contribution is -1.94. The second-order valence-corrected chi connectivity index (χ2v) is 4.54. The van der Waals surface area contributed by atoms with Crippen LogP contribution in [-0.2, 0) is 7.05 Å². The molecule has 0 amide bonds. The van der Waals surface area contributed by atoms with Gasteiger partial charge in [-0.15, -0.1) is 0 Å². The van der Waals surface area contributed by atoms with Crippen LogP contribution in [0.5, 0.6) is 0 Å². The summed E-state index contributed by atoms with van der Waals surface area (Å²) in [4.78, 5) is 8.65. The second-order valence-electron chi connectivity index (χ2n) is 4.10. The first-order valence-corrected chi connectivity index (χ1v) is 5.87. The Hall–Kier alpha value is -2.07. The number of halogens is 1. The van der Waals surface area contributed by atoms with Gasteiger partial charge in [-0.1, -0.05) is 11.6 Å². The molecule has 0 unspecified atom stereocenters. The minimum Gasteiger partial charge on any atom is -0.384 e. The van der Waals surface area contributed by atoms with E-state index in [9.17, 15) is 0 Å². The van der Waals surface area contributed by atoms with Crippen molar-refractivity contribution in [3.8, 4) is 11.4 Å². The molecule has 0 bridgehead atoms. The molecule has 0 fully saturated rings. The third-order valence-corrected chi connectivity index (χ3v) is 3.12. The average molecular weight is 259 g/mol. The van der Waals surface area contributed by atoms with Gasteiger partial charge >= 0.3 is 0 Å². The van der Waals surface area contributed by atoms with E-state index < -0.39 is 0 Å². The topological polar surface area (TPSA) is 56.7 Å². The zero-order chi connectivity index (χ0) is 12.7. The Bertz CT molecular complexity index is 716. The first-order valence-electron chi connectivity index (χ1n) is 5.49. The highest BCUT2D eigenvalue weighted by atomic mass is 35.5. The Morgan fingerprint density at radius 1 is 1.22 bits per heavy atom. The summed E-state index contributed by atoms with van der Waals surface area (Å²) in [5.41, 5.74) is 8.42. The average Bonchev–Trinajstić information content (AvgIpc) is 2.67. The van der Waals surface area contributed by atoms with Crippen LogP contribution < -0.4 is 5.73 Å². The van der Waals surface area contributed by atoms with Crippen molar-refractivity contribution in [2.75, 3.05) is 5.73 Å². The molecule has 1 aromatic carbocycles. The fraction of sp³-hybridized carbons (Fsp3) is 0.0769. The molecule has 0 saturated carbocycles. The van der Waals surface area contributed by atoms with Crippen LogP contribution in [0, 0.1) is 0 Å². The van der Waals surface area contributed by atoms with Gasteiger partial charge in [0.2, 0.25) is 0 Å². The van der Waals surface area contributed by atoms with Gasteiger partial charge < -0.3 is 10.3 Å². The number of hydrogen-bond acceptors (Lipinski definition) is 3. The van der Waals surface area contributed by atoms with Gasteiger partial charge in [0.05, 0.1) is 11.0 Å². The van der Waals surface area contributed by atoms with Crippen LogP contribution in [0.2, 0.25) is 5.02 Å². The fourth-order valence-electron chi connectivity index (χ4n) is 1.97. The molecule has 0 radical (unpaired) electrons. The molecule has 0 saturated heterocycles. The maximum atomic E-state index is 5.97. The molecule has 2 N–H and O–H groups in total. The Morgan fingerprint density at radius 3 is 2.78 bits per heavy atom. The number of pyridine rings is 1. The summed E-state index contributed by atoms with van der Waals surface area (Å²) in [6.07, 6.45) is 1.72. The molecule has 0 aliphatic carbocycles. The zero-order valence-corrected chi connectivity index (χ0v) is 10.5. The minimum atomic E-state index is 0.501. The van der Waals surface area contributed by atoms with Crippen LogP contribution in [0.1, 0.15) is 0 Å². The number of nitrogens with two attached hydrogens (primary N) is 1. The highest BCUT2D eigenvalue weighted by Gasteiger charge is 2.10. The lowest BCUT2D eigenvalue weighted by atomic mass is 10.2. The molecule has 18 heavy (non-hydrogen) atoms. The van der Waals surface area contributed by atoms with E-state index in [1.165, 1.54) is 0 Å². The van der Waals surface area contributed by atoms with Crippen LogP contribution in [0.25, 0.3) is 22.4 Å². The highest BCUT2D eigenvalue weighted by molar-refractivity contribution is 6.31. The summed E-state index contributed by atoms with van der Waals surface area (Å²) in [5.74, 6) is 1.35. The molecule has 0 aliphatic heterocycles. The van der Waals surface area contributed by atoms with E-state index in [-0.39, 0.29) is 0 Å². The maximum Gasteiger partial charge on any atom is 0.142 e. The number of imidazole rings is 1. The number of hydrogen-bond donors (Lipinski definition) is 1. The zero-order valence-electron chi connectivity index (χ0n) is 9.76. The van der Waals surface area contributed by atoms with Crippen molar-refractivity contribution in [3.05, 3.63) is 41.6 Å². The summed E-state index contributed by atoms with van der Waals surface area (Å²) in [7, 11) is 1.97. The summed E-state index contributed by atoms with van der Waals surface area (Å²) >= 11 is 5.97. The fourth-order valence-corrected chi connectivity index (χ4v) is 2.14. The number of rotatable bonds is 1. The molecule has 5 heteroatoms. The first-order chi connectivity index (χ1) is 8.65. The number of benzene rings is 1. The van der Waals surface area contributed by atoms with Crippen molar-refractivity contribution in [2.45, 2.75) is 0 Å². The lowest BCUT2D eigenvalue weighted by molar-refractivity contribution is 0.958. The van der Waals surface area contributed by atoms with E-state index in [4.69, 9.17) is 17.3 Å². The van der Waals surface area contributed by atoms with Gasteiger partial charge in [0.1, 0.15) is 11.6 Å². The maximum absolute atomic E-state index is 5.97. The van der Waals surface area contributed by atoms with Crippen LogP contribution in [0.15, 0.2) is 36.5 Å². The molecule has 4 nitrogen and oxygen atoms in total. The molecular formula is C13H11ClN4. The number of anilines is 1. The highest BCUT2D eigenvalue weighted by Crippen LogP contribution is 2.25. The van der Waals surface area contributed by atoms with Crippen molar-refractivity contribution >= 4 is 28.5 Å². The standard InChI is InChI=1S/C13H11ClN4/c1-18-11-4-3-9(14)6-10(11)17-13(18)8-2-5-12(15)16-7-8/h2-7H,1H3,(H2,15,16). The van der Waals surface area contributed by atoms with Gasteiger partial charge in [-0.3, -0.25) is 0 Å². The van der Waals surface area contributed by atoms with Crippen molar-refractivity contribution in [3.63, 3.8) is 0 Å². The molecule has 2 aromatic heterocycles. The predicted molar refractivity (Wildman–Crippen MR) is 73.4 cm³/mol. The SMILES string of the molecule is Cn1c(-c2ccc(N)nc2)nc2cc(Cl)ccc21. The van der Waals surface area contributed by atoms with Gasteiger partial charge in [0, 0.05) is 23.8 Å².